The molecule has 0 aromatic heterocycles. The van der Waals surface area contributed by atoms with Crippen LogP contribution in [0.3, 0.4) is 0 Å². The molecular weight excluding hydrogens is 124 g/mol. The summed E-state index contributed by atoms with van der Waals surface area (Å²) in [7, 11) is 0. The highest BCUT2D eigenvalue weighted by atomic mass is 15.5. The van der Waals surface area contributed by atoms with Gasteiger partial charge in [-0.15, -0.1) is 0 Å². The molecule has 2 N–H and O–H groups in total. The Morgan fingerprint density at radius 3 is 2.40 bits per heavy atom. The molecule has 0 aliphatic carbocycles. The summed E-state index contributed by atoms with van der Waals surface area (Å²) in [5.41, 5.74) is 1.32. The minimum absolute atomic E-state index is 0.487. The molecule has 0 radical (unpaired) electrons. The van der Waals surface area contributed by atoms with Crippen molar-refractivity contribution in [3.05, 3.63) is 35.9 Å². The Morgan fingerprint density at radius 2 is 1.90 bits per heavy atom. The average molecular weight is 134 g/mol. The Hall–Kier alpha value is -0.860. The molecule has 1 aliphatic heterocycles. The van der Waals surface area contributed by atoms with Crippen molar-refractivity contribution in [3.8, 4) is 0 Å². The number of hydrogen-bond donors (Lipinski definition) is 1. The second-order valence-corrected chi connectivity index (χ2v) is 2.62. The van der Waals surface area contributed by atoms with Crippen LogP contribution >= 0.6 is 0 Å². The lowest BCUT2D eigenvalue weighted by Crippen LogP contribution is -2.05. The third-order valence-electron chi connectivity index (χ3n) is 1.83. The molecule has 10 heavy (non-hydrogen) atoms. The number of nitrogens with zero attached hydrogens (tertiary/aromatic N) is 1. The number of hydrazine groups is 1. The predicted octanol–water partition coefficient (Wildman–Crippen LogP) is 0.917. The third kappa shape index (κ3) is 0.916. The Labute approximate surface area is 60.2 Å². The number of rotatable bonds is 1. The van der Waals surface area contributed by atoms with E-state index < -0.39 is 0 Å². The number of hydrogen-bond acceptors (Lipinski definition) is 2. The van der Waals surface area contributed by atoms with Crippen LogP contribution in [0.5, 0.6) is 0 Å². The zero-order chi connectivity index (χ0) is 6.97. The number of nitrogens with two attached hydrogens (primary N) is 1. The van der Waals surface area contributed by atoms with E-state index in [-0.39, 0.29) is 0 Å². The van der Waals surface area contributed by atoms with Gasteiger partial charge < -0.3 is 0 Å². The van der Waals surface area contributed by atoms with Crippen molar-refractivity contribution in [1.82, 2.24) is 5.01 Å². The van der Waals surface area contributed by atoms with Gasteiger partial charge >= 0.3 is 0 Å². The van der Waals surface area contributed by atoms with Gasteiger partial charge in [0, 0.05) is 6.54 Å². The molecule has 2 rings (SSSR count). The average Bonchev–Trinajstić information content (AvgIpc) is 2.69. The summed E-state index contributed by atoms with van der Waals surface area (Å²) in [6.45, 7) is 1.00. The van der Waals surface area contributed by atoms with Crippen molar-refractivity contribution < 1.29 is 0 Å². The van der Waals surface area contributed by atoms with Crippen LogP contribution in [0.25, 0.3) is 0 Å². The van der Waals surface area contributed by atoms with Gasteiger partial charge in [0.05, 0.1) is 6.04 Å². The molecule has 52 valence electrons. The molecule has 2 heteroatoms. The highest BCUT2D eigenvalue weighted by Gasteiger charge is 2.31. The standard InChI is InChI=1S/C8H10N2/c9-10-6-8(10)7-4-2-1-3-5-7/h1-5,8H,6,9H2. The monoisotopic (exact) mass is 134 g/mol. The Bertz CT molecular complexity index is 220. The van der Waals surface area contributed by atoms with E-state index in [0.717, 1.165) is 6.54 Å². The number of benzene rings is 1. The van der Waals surface area contributed by atoms with E-state index in [0.29, 0.717) is 6.04 Å². The zero-order valence-corrected chi connectivity index (χ0v) is 5.70. The first kappa shape index (κ1) is 5.89. The molecule has 1 aromatic rings. The van der Waals surface area contributed by atoms with Crippen LogP contribution in [0.1, 0.15) is 11.6 Å². The Balaban J connectivity index is 2.20. The molecule has 0 spiro atoms. The largest absolute Gasteiger partial charge is 0.268 e. The van der Waals surface area contributed by atoms with E-state index in [2.05, 4.69) is 12.1 Å². The molecule has 1 fully saturated rings. The smallest absolute Gasteiger partial charge is 0.0632 e. The summed E-state index contributed by atoms with van der Waals surface area (Å²) in [6.07, 6.45) is 0. The molecule has 2 unspecified atom stereocenters. The SMILES string of the molecule is NN1CC1c1ccccc1. The molecule has 0 saturated carbocycles. The molecule has 2 atom stereocenters. The highest BCUT2D eigenvalue weighted by molar-refractivity contribution is 5.22. The van der Waals surface area contributed by atoms with Gasteiger partial charge in [-0.25, -0.2) is 5.01 Å². The Morgan fingerprint density at radius 1 is 1.30 bits per heavy atom. The summed E-state index contributed by atoms with van der Waals surface area (Å²) in [6, 6.07) is 10.8. The van der Waals surface area contributed by atoms with Gasteiger partial charge in [0.2, 0.25) is 0 Å². The van der Waals surface area contributed by atoms with Crippen LogP contribution in [0.4, 0.5) is 0 Å². The summed E-state index contributed by atoms with van der Waals surface area (Å²) in [4.78, 5) is 0. The molecular formula is C8H10N2. The van der Waals surface area contributed by atoms with Crippen LogP contribution in [0.2, 0.25) is 0 Å². The van der Waals surface area contributed by atoms with E-state index in [9.17, 15) is 0 Å². The first-order valence-corrected chi connectivity index (χ1v) is 3.44. The summed E-state index contributed by atoms with van der Waals surface area (Å²) >= 11 is 0. The highest BCUT2D eigenvalue weighted by Crippen LogP contribution is 2.29. The Kier molecular flexibility index (Phi) is 1.22. The molecule has 1 saturated heterocycles. The second-order valence-electron chi connectivity index (χ2n) is 2.62. The molecule has 1 aromatic carbocycles. The summed E-state index contributed by atoms with van der Waals surface area (Å²) in [5, 5.41) is 1.83. The van der Waals surface area contributed by atoms with Crippen LogP contribution < -0.4 is 5.84 Å². The van der Waals surface area contributed by atoms with Gasteiger partial charge in [-0.2, -0.15) is 0 Å². The lowest BCUT2D eigenvalue weighted by molar-refractivity contribution is 0.548. The molecule has 2 nitrogen and oxygen atoms in total. The molecule has 0 amide bonds. The summed E-state index contributed by atoms with van der Waals surface area (Å²) < 4.78 is 0. The molecule has 0 bridgehead atoms. The fraction of sp³-hybridized carbons (Fsp3) is 0.250. The van der Waals surface area contributed by atoms with Crippen molar-refractivity contribution in [1.29, 1.82) is 0 Å². The zero-order valence-electron chi connectivity index (χ0n) is 5.70. The third-order valence-corrected chi connectivity index (χ3v) is 1.83. The lowest BCUT2D eigenvalue weighted by atomic mass is 10.2. The van der Waals surface area contributed by atoms with Crippen molar-refractivity contribution in [3.63, 3.8) is 0 Å². The fourth-order valence-corrected chi connectivity index (χ4v) is 1.12. The second kappa shape index (κ2) is 2.08. The van der Waals surface area contributed by atoms with Gasteiger partial charge in [0.15, 0.2) is 0 Å². The van der Waals surface area contributed by atoms with Gasteiger partial charge in [0.25, 0.3) is 0 Å². The topological polar surface area (TPSA) is 29.0 Å². The minimum atomic E-state index is 0.487. The van der Waals surface area contributed by atoms with Gasteiger partial charge in [0.1, 0.15) is 0 Å². The summed E-state index contributed by atoms with van der Waals surface area (Å²) in [5.74, 6) is 5.53. The fourth-order valence-electron chi connectivity index (χ4n) is 1.12. The quantitative estimate of drug-likeness (QED) is 0.457. The first-order chi connectivity index (χ1) is 4.88. The van der Waals surface area contributed by atoms with Gasteiger partial charge in [-0.05, 0) is 5.56 Å². The van der Waals surface area contributed by atoms with Crippen molar-refractivity contribution in [2.24, 2.45) is 5.84 Å². The van der Waals surface area contributed by atoms with E-state index >= 15 is 0 Å². The maximum Gasteiger partial charge on any atom is 0.0632 e. The van der Waals surface area contributed by atoms with E-state index in [4.69, 9.17) is 5.84 Å². The van der Waals surface area contributed by atoms with Crippen LogP contribution in [0, 0.1) is 0 Å². The molecule has 1 aliphatic rings. The van der Waals surface area contributed by atoms with Crippen LogP contribution in [-0.2, 0) is 0 Å². The van der Waals surface area contributed by atoms with E-state index in [1.165, 1.54) is 5.56 Å². The first-order valence-electron chi connectivity index (χ1n) is 3.44. The maximum absolute atomic E-state index is 5.53. The lowest BCUT2D eigenvalue weighted by Gasteiger charge is -1.94. The van der Waals surface area contributed by atoms with Crippen molar-refractivity contribution in [2.45, 2.75) is 6.04 Å². The van der Waals surface area contributed by atoms with Gasteiger partial charge in [-0.3, -0.25) is 5.84 Å². The normalized spacial score (nSPS) is 30.1. The van der Waals surface area contributed by atoms with Crippen molar-refractivity contribution >= 4 is 0 Å². The van der Waals surface area contributed by atoms with Crippen LogP contribution in [-0.4, -0.2) is 11.6 Å². The maximum atomic E-state index is 5.53. The molecule has 1 heterocycles. The van der Waals surface area contributed by atoms with Crippen LogP contribution in [0.15, 0.2) is 30.3 Å². The minimum Gasteiger partial charge on any atom is -0.268 e. The predicted molar refractivity (Wildman–Crippen MR) is 40.1 cm³/mol. The van der Waals surface area contributed by atoms with E-state index in [1.54, 1.807) is 0 Å². The van der Waals surface area contributed by atoms with Crippen molar-refractivity contribution in [2.75, 3.05) is 6.54 Å². The van der Waals surface area contributed by atoms with E-state index in [1.807, 2.05) is 23.2 Å². The van der Waals surface area contributed by atoms with Gasteiger partial charge in [-0.1, -0.05) is 30.3 Å².